The van der Waals surface area contributed by atoms with Crippen molar-refractivity contribution in [2.45, 2.75) is 25.7 Å². The Morgan fingerprint density at radius 2 is 2.23 bits per heavy atom. The van der Waals surface area contributed by atoms with Crippen molar-refractivity contribution in [3.8, 4) is 11.8 Å². The van der Waals surface area contributed by atoms with Crippen LogP contribution in [-0.2, 0) is 20.7 Å². The lowest BCUT2D eigenvalue weighted by molar-refractivity contribution is -0.152. The van der Waals surface area contributed by atoms with E-state index in [1.165, 1.54) is 7.11 Å². The molecule has 116 valence electrons. The summed E-state index contributed by atoms with van der Waals surface area (Å²) < 4.78 is 9.89. The van der Waals surface area contributed by atoms with Gasteiger partial charge in [-0.2, -0.15) is 5.26 Å². The molecule has 1 aromatic rings. The summed E-state index contributed by atoms with van der Waals surface area (Å²) in [6.45, 7) is 0. The Balaban J connectivity index is 2.23. The zero-order chi connectivity index (χ0) is 16.2. The average Bonchev–Trinajstić information content (AvgIpc) is 2.56. The van der Waals surface area contributed by atoms with Crippen LogP contribution in [0.2, 0.25) is 0 Å². The largest absolute Gasteiger partial charge is 0.497 e. The summed E-state index contributed by atoms with van der Waals surface area (Å²) in [6, 6.07) is 9.84. The normalized spacial score (nSPS) is 24.4. The quantitative estimate of drug-likeness (QED) is 0.630. The monoisotopic (exact) mass is 301 g/mol. The molecule has 2 atom stereocenters. The number of hydrogen-bond acceptors (Lipinski definition) is 5. The van der Waals surface area contributed by atoms with Gasteiger partial charge in [-0.25, -0.2) is 0 Å². The van der Waals surface area contributed by atoms with Crippen LogP contribution in [0.4, 0.5) is 0 Å². The number of rotatable bonds is 4. The Bertz CT molecular complexity index is 611. The molecule has 1 aromatic carbocycles. The van der Waals surface area contributed by atoms with Crippen molar-refractivity contribution in [1.82, 2.24) is 0 Å². The van der Waals surface area contributed by atoms with Crippen molar-refractivity contribution in [3.63, 3.8) is 0 Å². The van der Waals surface area contributed by atoms with Crippen molar-refractivity contribution in [2.75, 3.05) is 14.2 Å². The van der Waals surface area contributed by atoms with Gasteiger partial charge in [0.25, 0.3) is 0 Å². The number of nitrogens with zero attached hydrogens (tertiary/aromatic N) is 1. The van der Waals surface area contributed by atoms with Gasteiger partial charge in [0.15, 0.2) is 0 Å². The van der Waals surface area contributed by atoms with Gasteiger partial charge in [0, 0.05) is 6.42 Å². The first-order valence-corrected chi connectivity index (χ1v) is 7.18. The molecular formula is C17H19NO4. The Morgan fingerprint density at radius 1 is 1.45 bits per heavy atom. The zero-order valence-electron chi connectivity index (χ0n) is 12.8. The second-order valence-electron chi connectivity index (χ2n) is 5.67. The van der Waals surface area contributed by atoms with E-state index in [9.17, 15) is 14.9 Å². The number of Topliss-reactive ketones (excluding diaryl/α,β-unsaturated/α-hetero) is 1. The molecule has 0 saturated heterocycles. The molecule has 0 aliphatic heterocycles. The highest BCUT2D eigenvalue weighted by atomic mass is 16.5. The molecule has 0 heterocycles. The summed E-state index contributed by atoms with van der Waals surface area (Å²) in [7, 11) is 2.85. The molecule has 2 rings (SSSR count). The number of carbonyl (C=O) groups excluding carboxylic acids is 2. The maximum absolute atomic E-state index is 11.9. The summed E-state index contributed by atoms with van der Waals surface area (Å²) in [5, 5.41) is 9.64. The van der Waals surface area contributed by atoms with Gasteiger partial charge in [0.1, 0.15) is 17.5 Å². The molecule has 1 saturated carbocycles. The molecule has 0 aromatic heterocycles. The van der Waals surface area contributed by atoms with Gasteiger partial charge in [-0.15, -0.1) is 0 Å². The fourth-order valence-corrected chi connectivity index (χ4v) is 2.98. The molecule has 1 fully saturated rings. The molecule has 22 heavy (non-hydrogen) atoms. The van der Waals surface area contributed by atoms with Gasteiger partial charge in [-0.3, -0.25) is 9.59 Å². The van der Waals surface area contributed by atoms with Gasteiger partial charge < -0.3 is 9.47 Å². The Hall–Kier alpha value is -2.35. The highest BCUT2D eigenvalue weighted by molar-refractivity contribution is 5.99. The van der Waals surface area contributed by atoms with Crippen molar-refractivity contribution < 1.29 is 19.1 Å². The number of ether oxygens (including phenoxy) is 2. The first kappa shape index (κ1) is 16.0. The lowest BCUT2D eigenvalue weighted by Crippen LogP contribution is -2.39. The topological polar surface area (TPSA) is 76.4 Å². The van der Waals surface area contributed by atoms with E-state index in [1.807, 2.05) is 24.3 Å². The summed E-state index contributed by atoms with van der Waals surface area (Å²) >= 11 is 0. The molecule has 0 N–H and O–H groups in total. The van der Waals surface area contributed by atoms with Crippen LogP contribution < -0.4 is 4.74 Å². The minimum absolute atomic E-state index is 0.136. The third-order valence-electron chi connectivity index (χ3n) is 4.23. The standard InChI is InChI=1S/C17H19NO4/c1-21-13-5-3-4-12(8-13)9-17(11-18)7-6-15(19)14(10-17)16(20)22-2/h3-5,8,14H,6-7,9-10H2,1-2H3. The van der Waals surface area contributed by atoms with Crippen LogP contribution in [0.25, 0.3) is 0 Å². The number of hydrogen-bond donors (Lipinski definition) is 0. The van der Waals surface area contributed by atoms with Gasteiger partial charge >= 0.3 is 5.97 Å². The van der Waals surface area contributed by atoms with E-state index in [-0.39, 0.29) is 18.6 Å². The van der Waals surface area contributed by atoms with E-state index >= 15 is 0 Å². The van der Waals surface area contributed by atoms with Gasteiger partial charge in [0.05, 0.1) is 25.7 Å². The molecule has 0 bridgehead atoms. The maximum Gasteiger partial charge on any atom is 0.316 e. The van der Waals surface area contributed by atoms with E-state index in [4.69, 9.17) is 9.47 Å². The number of methoxy groups -OCH3 is 2. The average molecular weight is 301 g/mol. The molecule has 0 amide bonds. The molecule has 0 spiro atoms. The van der Waals surface area contributed by atoms with Crippen LogP contribution in [-0.4, -0.2) is 26.0 Å². The Morgan fingerprint density at radius 3 is 2.86 bits per heavy atom. The molecule has 5 nitrogen and oxygen atoms in total. The number of ketones is 1. The van der Waals surface area contributed by atoms with Crippen LogP contribution in [0.5, 0.6) is 5.75 Å². The molecule has 5 heteroatoms. The molecule has 2 unspecified atom stereocenters. The van der Waals surface area contributed by atoms with Crippen molar-refractivity contribution in [2.24, 2.45) is 11.3 Å². The lowest BCUT2D eigenvalue weighted by Gasteiger charge is -2.33. The molecule has 1 aliphatic rings. The van der Waals surface area contributed by atoms with Crippen LogP contribution in [0.15, 0.2) is 24.3 Å². The Kier molecular flexibility index (Phi) is 4.81. The summed E-state index contributed by atoms with van der Waals surface area (Å²) in [5.74, 6) is -0.788. The van der Waals surface area contributed by atoms with Crippen LogP contribution in [0.3, 0.4) is 0 Å². The second-order valence-corrected chi connectivity index (χ2v) is 5.67. The zero-order valence-corrected chi connectivity index (χ0v) is 12.8. The predicted octanol–water partition coefficient (Wildman–Crippen LogP) is 2.29. The summed E-state index contributed by atoms with van der Waals surface area (Å²) in [5.41, 5.74) is 0.234. The van der Waals surface area contributed by atoms with E-state index in [2.05, 4.69) is 6.07 Å². The first-order valence-electron chi connectivity index (χ1n) is 7.18. The third kappa shape index (κ3) is 3.28. The summed E-state index contributed by atoms with van der Waals surface area (Å²) in [4.78, 5) is 23.7. The van der Waals surface area contributed by atoms with E-state index in [1.54, 1.807) is 7.11 Å². The number of carbonyl (C=O) groups is 2. The van der Waals surface area contributed by atoms with Crippen LogP contribution >= 0.6 is 0 Å². The fraction of sp³-hybridized carbons (Fsp3) is 0.471. The van der Waals surface area contributed by atoms with E-state index in [0.717, 1.165) is 11.3 Å². The third-order valence-corrected chi connectivity index (χ3v) is 4.23. The second kappa shape index (κ2) is 6.61. The number of esters is 1. The molecule has 0 radical (unpaired) electrons. The lowest BCUT2D eigenvalue weighted by atomic mass is 9.67. The predicted molar refractivity (Wildman–Crippen MR) is 79.1 cm³/mol. The smallest absolute Gasteiger partial charge is 0.316 e. The van der Waals surface area contributed by atoms with Crippen molar-refractivity contribution >= 4 is 11.8 Å². The van der Waals surface area contributed by atoms with Gasteiger partial charge in [-0.05, 0) is 37.0 Å². The highest BCUT2D eigenvalue weighted by Gasteiger charge is 2.44. The van der Waals surface area contributed by atoms with Crippen LogP contribution in [0, 0.1) is 22.7 Å². The molecule has 1 aliphatic carbocycles. The van der Waals surface area contributed by atoms with Crippen molar-refractivity contribution in [1.29, 1.82) is 5.26 Å². The van der Waals surface area contributed by atoms with Gasteiger partial charge in [-0.1, -0.05) is 12.1 Å². The fourth-order valence-electron chi connectivity index (χ4n) is 2.98. The molecular weight excluding hydrogens is 282 g/mol. The van der Waals surface area contributed by atoms with E-state index in [0.29, 0.717) is 12.8 Å². The minimum Gasteiger partial charge on any atom is -0.497 e. The summed E-state index contributed by atoms with van der Waals surface area (Å²) in [6.07, 6.45) is 1.40. The first-order chi connectivity index (χ1) is 10.5. The van der Waals surface area contributed by atoms with Crippen molar-refractivity contribution in [3.05, 3.63) is 29.8 Å². The Labute approximate surface area is 129 Å². The highest BCUT2D eigenvalue weighted by Crippen LogP contribution is 2.40. The number of benzene rings is 1. The number of nitriles is 1. The van der Waals surface area contributed by atoms with E-state index < -0.39 is 17.3 Å². The SMILES string of the molecule is COC(=O)C1CC(C#N)(Cc2cccc(OC)c2)CCC1=O. The van der Waals surface area contributed by atoms with Gasteiger partial charge in [0.2, 0.25) is 0 Å². The maximum atomic E-state index is 11.9. The van der Waals surface area contributed by atoms with Crippen LogP contribution in [0.1, 0.15) is 24.8 Å². The minimum atomic E-state index is -0.830.